The van der Waals surface area contributed by atoms with Crippen LogP contribution in [0.25, 0.3) is 0 Å². The van der Waals surface area contributed by atoms with Crippen LogP contribution in [0.5, 0.6) is 0 Å². The van der Waals surface area contributed by atoms with Crippen LogP contribution in [0.15, 0.2) is 23.1 Å². The van der Waals surface area contributed by atoms with E-state index >= 15 is 0 Å². The van der Waals surface area contributed by atoms with Crippen LogP contribution in [-0.2, 0) is 16.2 Å². The van der Waals surface area contributed by atoms with Crippen molar-refractivity contribution in [3.63, 3.8) is 0 Å². The molecule has 0 aliphatic carbocycles. The second kappa shape index (κ2) is 5.81. The highest BCUT2D eigenvalue weighted by molar-refractivity contribution is 7.89. The predicted molar refractivity (Wildman–Crippen MR) is 60.6 cm³/mol. The van der Waals surface area contributed by atoms with E-state index in [9.17, 15) is 34.8 Å². The number of benzene rings is 1. The Bertz CT molecular complexity index is 614. The van der Waals surface area contributed by atoms with Gasteiger partial charge in [0, 0.05) is 0 Å². The van der Waals surface area contributed by atoms with Crippen molar-refractivity contribution < 1.29 is 34.8 Å². The van der Waals surface area contributed by atoms with Gasteiger partial charge in [-0.1, -0.05) is 0 Å². The number of sulfonamides is 1. The van der Waals surface area contributed by atoms with Gasteiger partial charge >= 0.3 is 6.18 Å². The average Bonchev–Trinajstić information content (AvgIpc) is 2.35. The number of hydrogen-bond donors (Lipinski definition) is 2. The third-order valence-electron chi connectivity index (χ3n) is 2.37. The lowest BCUT2D eigenvalue weighted by atomic mass is 10.2. The summed E-state index contributed by atoms with van der Waals surface area (Å²) in [5, 5.41) is 0. The Morgan fingerprint density at radius 2 is 1.71 bits per heavy atom. The molecule has 0 radical (unpaired) electrons. The molecule has 4 nitrogen and oxygen atoms in total. The lowest BCUT2D eigenvalue weighted by molar-refractivity contribution is -0.137. The van der Waals surface area contributed by atoms with E-state index in [1.165, 1.54) is 4.72 Å². The van der Waals surface area contributed by atoms with Crippen molar-refractivity contribution in [2.24, 2.45) is 5.73 Å². The van der Waals surface area contributed by atoms with Gasteiger partial charge in [-0.25, -0.2) is 26.3 Å². The number of rotatable bonds is 5. The van der Waals surface area contributed by atoms with Crippen molar-refractivity contribution in [2.45, 2.75) is 17.0 Å². The molecular formula is C10H10F6N2O2S. The number of hydrogen-bond acceptors (Lipinski definition) is 3. The Morgan fingerprint density at radius 1 is 1.14 bits per heavy atom. The smallest absolute Gasteiger partial charge is 0.325 e. The van der Waals surface area contributed by atoms with Crippen LogP contribution in [0.3, 0.4) is 0 Å². The van der Waals surface area contributed by atoms with Gasteiger partial charge in [-0.05, 0) is 18.2 Å². The van der Waals surface area contributed by atoms with Gasteiger partial charge in [-0.3, -0.25) is 0 Å². The highest BCUT2D eigenvalue weighted by atomic mass is 32.2. The molecule has 0 saturated carbocycles. The van der Waals surface area contributed by atoms with Crippen LogP contribution in [0, 0.1) is 5.82 Å². The van der Waals surface area contributed by atoms with Crippen molar-refractivity contribution >= 4 is 10.0 Å². The van der Waals surface area contributed by atoms with E-state index in [0.717, 1.165) is 0 Å². The predicted octanol–water partition coefficient (Wildman–Crippen LogP) is 1.72. The van der Waals surface area contributed by atoms with Gasteiger partial charge in [-0.2, -0.15) is 13.2 Å². The fraction of sp³-hybridized carbons (Fsp3) is 0.400. The quantitative estimate of drug-likeness (QED) is 0.804. The molecule has 1 aromatic carbocycles. The van der Waals surface area contributed by atoms with Crippen LogP contribution in [0.2, 0.25) is 0 Å². The molecule has 0 aliphatic rings. The number of nitrogens with two attached hydrogens (primary N) is 1. The minimum Gasteiger partial charge on any atom is -0.325 e. The molecule has 0 saturated heterocycles. The number of halogens is 6. The first-order valence-electron chi connectivity index (χ1n) is 5.33. The summed E-state index contributed by atoms with van der Waals surface area (Å²) in [6.45, 7) is -2.64. The Kier molecular flexibility index (Phi) is 4.90. The molecule has 11 heteroatoms. The lowest BCUT2D eigenvalue weighted by Gasteiger charge is -2.15. The van der Waals surface area contributed by atoms with Crippen molar-refractivity contribution in [1.82, 2.24) is 4.72 Å². The Labute approximate surface area is 116 Å². The SMILES string of the molecule is NCC(F)(F)CNS(=O)(=O)c1cc(C(F)(F)F)ccc1F. The van der Waals surface area contributed by atoms with Gasteiger partial charge in [0.25, 0.3) is 5.92 Å². The summed E-state index contributed by atoms with van der Waals surface area (Å²) in [5.74, 6) is -5.10. The second-order valence-electron chi connectivity index (χ2n) is 4.03. The number of nitrogens with one attached hydrogen (secondary N) is 1. The molecule has 0 fully saturated rings. The van der Waals surface area contributed by atoms with E-state index in [2.05, 4.69) is 5.73 Å². The topological polar surface area (TPSA) is 72.2 Å². The zero-order chi connectivity index (χ0) is 16.5. The van der Waals surface area contributed by atoms with Crippen LogP contribution < -0.4 is 10.5 Å². The largest absolute Gasteiger partial charge is 0.416 e. The molecule has 0 unspecified atom stereocenters. The van der Waals surface area contributed by atoms with Crippen molar-refractivity contribution in [3.05, 3.63) is 29.6 Å². The van der Waals surface area contributed by atoms with Crippen molar-refractivity contribution in [1.29, 1.82) is 0 Å². The molecule has 1 aromatic rings. The van der Waals surface area contributed by atoms with Crippen molar-refractivity contribution in [3.8, 4) is 0 Å². The molecule has 0 aromatic heterocycles. The second-order valence-corrected chi connectivity index (χ2v) is 5.76. The zero-order valence-electron chi connectivity index (χ0n) is 10.2. The van der Waals surface area contributed by atoms with Gasteiger partial charge in [0.1, 0.15) is 10.7 Å². The maximum Gasteiger partial charge on any atom is 0.416 e. The summed E-state index contributed by atoms with van der Waals surface area (Å²) in [6, 6.07) is 0.652. The molecule has 3 N–H and O–H groups in total. The average molecular weight is 336 g/mol. The summed E-state index contributed by atoms with van der Waals surface area (Å²) in [7, 11) is -4.88. The monoisotopic (exact) mass is 336 g/mol. The molecule has 0 spiro atoms. The highest BCUT2D eigenvalue weighted by Gasteiger charge is 2.34. The standard InChI is InChI=1S/C10H10F6N2O2S/c11-7-2-1-6(10(14,15)16)3-8(7)21(19,20)18-5-9(12,13)4-17/h1-3,18H,4-5,17H2. The molecule has 0 amide bonds. The highest BCUT2D eigenvalue weighted by Crippen LogP contribution is 2.31. The summed E-state index contributed by atoms with van der Waals surface area (Å²) < 4.78 is 101. The number of alkyl halides is 5. The Balaban J connectivity index is 3.14. The van der Waals surface area contributed by atoms with Crippen LogP contribution in [-0.4, -0.2) is 27.4 Å². The molecule has 0 heterocycles. The third-order valence-corrected chi connectivity index (χ3v) is 3.78. The lowest BCUT2D eigenvalue weighted by Crippen LogP contribution is -2.41. The van der Waals surface area contributed by atoms with E-state index in [1.807, 2.05) is 0 Å². The van der Waals surface area contributed by atoms with Crippen LogP contribution in [0.1, 0.15) is 5.56 Å². The van der Waals surface area contributed by atoms with Crippen LogP contribution >= 0.6 is 0 Å². The van der Waals surface area contributed by atoms with E-state index in [1.54, 1.807) is 0 Å². The van der Waals surface area contributed by atoms with E-state index < -0.39 is 51.5 Å². The first kappa shape index (κ1) is 17.7. The molecule has 0 bridgehead atoms. The molecule has 120 valence electrons. The van der Waals surface area contributed by atoms with Gasteiger partial charge in [0.15, 0.2) is 0 Å². The summed E-state index contributed by atoms with van der Waals surface area (Å²) in [6.07, 6.45) is -4.90. The minimum atomic E-state index is -4.90. The summed E-state index contributed by atoms with van der Waals surface area (Å²) >= 11 is 0. The van der Waals surface area contributed by atoms with Gasteiger partial charge < -0.3 is 5.73 Å². The summed E-state index contributed by atoms with van der Waals surface area (Å²) in [4.78, 5) is -1.37. The maximum absolute atomic E-state index is 13.4. The molecule has 0 aliphatic heterocycles. The summed E-state index contributed by atoms with van der Waals surface area (Å²) in [5.41, 5.74) is 3.26. The third kappa shape index (κ3) is 4.58. The normalized spacial score (nSPS) is 13.5. The van der Waals surface area contributed by atoms with Gasteiger partial charge in [0.05, 0.1) is 18.7 Å². The van der Waals surface area contributed by atoms with Crippen molar-refractivity contribution in [2.75, 3.05) is 13.1 Å². The van der Waals surface area contributed by atoms with Crippen LogP contribution in [0.4, 0.5) is 26.3 Å². The molecule has 1 rings (SSSR count). The maximum atomic E-state index is 13.4. The fourth-order valence-electron chi connectivity index (χ4n) is 1.24. The Morgan fingerprint density at radius 3 is 2.19 bits per heavy atom. The van der Waals surface area contributed by atoms with E-state index in [0.29, 0.717) is 12.1 Å². The molecular weight excluding hydrogens is 326 g/mol. The first-order chi connectivity index (χ1) is 9.39. The molecule has 0 atom stereocenters. The first-order valence-corrected chi connectivity index (χ1v) is 6.82. The van der Waals surface area contributed by atoms with Gasteiger partial charge in [0.2, 0.25) is 10.0 Å². The molecule has 21 heavy (non-hydrogen) atoms. The van der Waals surface area contributed by atoms with E-state index in [4.69, 9.17) is 0 Å². The Hall–Kier alpha value is -1.33. The fourth-order valence-corrected chi connectivity index (χ4v) is 2.40. The van der Waals surface area contributed by atoms with E-state index in [-0.39, 0.29) is 6.07 Å². The van der Waals surface area contributed by atoms with Gasteiger partial charge in [-0.15, -0.1) is 0 Å². The minimum absolute atomic E-state index is 0.0260. The zero-order valence-corrected chi connectivity index (χ0v) is 11.0.